The molecule has 3 heterocycles. The van der Waals surface area contributed by atoms with Crippen LogP contribution in [-0.4, -0.2) is 58.5 Å². The molecule has 0 bridgehead atoms. The third-order valence-corrected chi connectivity index (χ3v) is 9.61. The number of thiazole rings is 1. The van der Waals surface area contributed by atoms with Crippen LogP contribution in [0.5, 0.6) is 0 Å². The summed E-state index contributed by atoms with van der Waals surface area (Å²) in [5.41, 5.74) is 0.0807. The van der Waals surface area contributed by atoms with Gasteiger partial charge in [-0.3, -0.25) is 9.48 Å². The lowest BCUT2D eigenvalue weighted by Crippen LogP contribution is -2.28. The fourth-order valence-electron chi connectivity index (χ4n) is 4.59. The summed E-state index contributed by atoms with van der Waals surface area (Å²) in [5, 5.41) is 13.7. The number of ketones is 1. The van der Waals surface area contributed by atoms with Crippen LogP contribution in [0.15, 0.2) is 29.4 Å². The van der Waals surface area contributed by atoms with Crippen molar-refractivity contribution in [3.63, 3.8) is 0 Å². The topological polar surface area (TPSA) is 128 Å². The first-order chi connectivity index (χ1) is 16.7. The Morgan fingerprint density at radius 2 is 2.06 bits per heavy atom. The van der Waals surface area contributed by atoms with Crippen molar-refractivity contribution in [3.8, 4) is 0 Å². The van der Waals surface area contributed by atoms with Gasteiger partial charge in [0.25, 0.3) is 0 Å². The molecule has 2 unspecified atom stereocenters. The van der Waals surface area contributed by atoms with Crippen molar-refractivity contribution in [1.29, 1.82) is 0 Å². The molecule has 2 aromatic heterocycles. The van der Waals surface area contributed by atoms with E-state index in [0.717, 1.165) is 30.4 Å². The highest BCUT2D eigenvalue weighted by atomic mass is 32.2. The van der Waals surface area contributed by atoms with Crippen molar-refractivity contribution in [2.75, 3.05) is 13.2 Å². The minimum absolute atomic E-state index is 0.0716. The van der Waals surface area contributed by atoms with Crippen molar-refractivity contribution in [2.24, 2.45) is 5.92 Å². The van der Waals surface area contributed by atoms with Crippen LogP contribution < -0.4 is 0 Å². The molecule has 0 radical (unpaired) electrons. The van der Waals surface area contributed by atoms with Crippen molar-refractivity contribution >= 4 is 43.8 Å². The van der Waals surface area contributed by atoms with Crippen molar-refractivity contribution in [2.45, 2.75) is 54.7 Å². The number of Topliss-reactive ketones (excluding diaryl/α,β-unsaturated/α-hetero) is 1. The molecule has 1 N–H and O–H groups in total. The van der Waals surface area contributed by atoms with Gasteiger partial charge in [-0.1, -0.05) is 11.3 Å². The van der Waals surface area contributed by atoms with E-state index in [9.17, 15) is 27.5 Å². The molecule has 2 atom stereocenters. The summed E-state index contributed by atoms with van der Waals surface area (Å²) < 4.78 is 46.7. The molecule has 2 aliphatic rings. The van der Waals surface area contributed by atoms with E-state index in [1.165, 1.54) is 23.0 Å². The molecule has 1 aliphatic heterocycles. The average Bonchev–Trinajstić information content (AvgIpc) is 3.51. The number of fused-ring (bicyclic) bond motifs is 1. The SMILES string of the molecule is O=C(O)c1cc(S(=O)(=O)C2CC2)c2cnn(C(CC3CCCOC3)C(=O)Cc3ncc(F)s3)c2c1. The summed E-state index contributed by atoms with van der Waals surface area (Å²) in [6, 6.07) is 1.72. The molecule has 186 valence electrons. The van der Waals surface area contributed by atoms with Crippen LogP contribution in [0, 0.1) is 11.0 Å². The molecule has 1 saturated heterocycles. The number of hydrogen-bond acceptors (Lipinski definition) is 8. The number of sulfone groups is 1. The number of benzene rings is 1. The van der Waals surface area contributed by atoms with Gasteiger partial charge in [-0.2, -0.15) is 9.49 Å². The van der Waals surface area contributed by atoms with Crippen molar-refractivity contribution in [1.82, 2.24) is 14.8 Å². The molecule has 1 aromatic carbocycles. The first kappa shape index (κ1) is 24.0. The normalized spacial score (nSPS) is 19.6. The first-order valence-electron chi connectivity index (χ1n) is 11.4. The predicted octanol–water partition coefficient (Wildman–Crippen LogP) is 3.44. The molecular weight excluding hydrogens is 497 g/mol. The van der Waals surface area contributed by atoms with E-state index in [2.05, 4.69) is 10.1 Å². The smallest absolute Gasteiger partial charge is 0.335 e. The third-order valence-electron chi connectivity index (χ3n) is 6.52. The van der Waals surface area contributed by atoms with E-state index in [1.807, 2.05) is 0 Å². The van der Waals surface area contributed by atoms with Gasteiger partial charge < -0.3 is 9.84 Å². The number of ether oxygens (including phenoxy) is 1. The summed E-state index contributed by atoms with van der Waals surface area (Å²) in [5.74, 6) is -1.46. The summed E-state index contributed by atoms with van der Waals surface area (Å²) in [6.07, 6.45) is 5.49. The number of aromatic carboxylic acids is 1. The van der Waals surface area contributed by atoms with Crippen LogP contribution in [0.4, 0.5) is 4.39 Å². The quantitative estimate of drug-likeness (QED) is 0.454. The lowest BCUT2D eigenvalue weighted by Gasteiger charge is -2.26. The van der Waals surface area contributed by atoms with Crippen molar-refractivity contribution < 1.29 is 32.2 Å². The van der Waals surface area contributed by atoms with Crippen molar-refractivity contribution in [3.05, 3.63) is 40.2 Å². The number of carbonyl (C=O) groups is 2. The highest BCUT2D eigenvalue weighted by molar-refractivity contribution is 7.92. The zero-order chi connectivity index (χ0) is 24.7. The molecule has 0 amide bonds. The number of aromatic nitrogens is 3. The van der Waals surface area contributed by atoms with E-state index in [0.29, 0.717) is 42.9 Å². The summed E-state index contributed by atoms with van der Waals surface area (Å²) in [6.45, 7) is 1.14. The van der Waals surface area contributed by atoms with E-state index >= 15 is 0 Å². The predicted molar refractivity (Wildman–Crippen MR) is 125 cm³/mol. The molecule has 2 fully saturated rings. The van der Waals surface area contributed by atoms with Crippen LogP contribution in [0.1, 0.15) is 53.5 Å². The minimum Gasteiger partial charge on any atom is -0.478 e. The second kappa shape index (κ2) is 9.40. The summed E-state index contributed by atoms with van der Waals surface area (Å²) in [4.78, 5) is 29.2. The zero-order valence-electron chi connectivity index (χ0n) is 18.7. The average molecular weight is 522 g/mol. The molecular formula is C23H24FN3O6S2. The standard InChI is InChI=1S/C23H24FN3O6S2/c24-21-11-25-22(34-21)9-19(28)18(6-13-2-1-5-33-12-13)27-17-7-14(23(29)30)8-20(16(17)10-26-27)35(31,32)15-3-4-15/h7-8,10-11,13,15,18H,1-6,9,12H2,(H,29,30). The lowest BCUT2D eigenvalue weighted by molar-refractivity contribution is -0.122. The lowest BCUT2D eigenvalue weighted by atomic mass is 9.91. The number of carboxylic acid groups (broad SMARTS) is 1. The third kappa shape index (κ3) is 4.87. The number of rotatable bonds is 9. The number of halogens is 1. The fourth-order valence-corrected chi connectivity index (χ4v) is 7.11. The molecule has 35 heavy (non-hydrogen) atoms. The van der Waals surface area contributed by atoms with Gasteiger partial charge in [-0.05, 0) is 50.2 Å². The Morgan fingerprint density at radius 1 is 1.26 bits per heavy atom. The van der Waals surface area contributed by atoms with Gasteiger partial charge in [-0.25, -0.2) is 18.2 Å². The van der Waals surface area contributed by atoms with Gasteiger partial charge >= 0.3 is 5.97 Å². The molecule has 1 aliphatic carbocycles. The number of carboxylic acids is 1. The van der Waals surface area contributed by atoms with Crippen LogP contribution in [0.2, 0.25) is 0 Å². The Hall–Kier alpha value is -2.70. The van der Waals surface area contributed by atoms with Crippen LogP contribution in [0.3, 0.4) is 0 Å². The van der Waals surface area contributed by atoms with Gasteiger partial charge in [-0.15, -0.1) is 0 Å². The van der Waals surface area contributed by atoms with Gasteiger partial charge in [0, 0.05) is 18.6 Å². The number of nitrogens with zero attached hydrogens (tertiary/aromatic N) is 3. The van der Waals surface area contributed by atoms with E-state index in [-0.39, 0.29) is 34.1 Å². The maximum absolute atomic E-state index is 13.5. The monoisotopic (exact) mass is 521 g/mol. The number of carbonyl (C=O) groups excluding carboxylic acids is 1. The maximum Gasteiger partial charge on any atom is 0.335 e. The molecule has 3 aromatic rings. The van der Waals surface area contributed by atoms with E-state index in [4.69, 9.17) is 4.74 Å². The molecule has 1 saturated carbocycles. The van der Waals surface area contributed by atoms with Gasteiger partial charge in [0.05, 0.1) is 40.0 Å². The fraction of sp³-hybridized carbons (Fsp3) is 0.478. The number of hydrogen-bond donors (Lipinski definition) is 1. The van der Waals surface area contributed by atoms with Gasteiger partial charge in [0.2, 0.25) is 0 Å². The van der Waals surface area contributed by atoms with Gasteiger partial charge in [0.15, 0.2) is 20.8 Å². The van der Waals surface area contributed by atoms with E-state index < -0.39 is 32.2 Å². The molecule has 12 heteroatoms. The highest BCUT2D eigenvalue weighted by Gasteiger charge is 2.39. The molecule has 0 spiro atoms. The highest BCUT2D eigenvalue weighted by Crippen LogP contribution is 2.38. The Morgan fingerprint density at radius 3 is 2.69 bits per heavy atom. The Balaban J connectivity index is 1.60. The second-order valence-corrected chi connectivity index (χ2v) is 12.3. The van der Waals surface area contributed by atoms with Gasteiger partial charge in [0.1, 0.15) is 11.0 Å². The second-order valence-electron chi connectivity index (χ2n) is 9.08. The Bertz CT molecular complexity index is 1390. The Kier molecular flexibility index (Phi) is 6.45. The molecule has 5 rings (SSSR count). The van der Waals surface area contributed by atoms with Crippen LogP contribution in [-0.2, 0) is 25.8 Å². The molecule has 9 nitrogen and oxygen atoms in total. The maximum atomic E-state index is 13.5. The zero-order valence-corrected chi connectivity index (χ0v) is 20.4. The van der Waals surface area contributed by atoms with Crippen LogP contribution >= 0.6 is 11.3 Å². The summed E-state index contributed by atoms with van der Waals surface area (Å²) in [7, 11) is -3.73. The Labute approximate surface area is 204 Å². The minimum atomic E-state index is -3.73. The van der Waals surface area contributed by atoms with E-state index in [1.54, 1.807) is 0 Å². The largest absolute Gasteiger partial charge is 0.478 e. The summed E-state index contributed by atoms with van der Waals surface area (Å²) >= 11 is 0.793. The van der Waals surface area contributed by atoms with Crippen LogP contribution in [0.25, 0.3) is 10.9 Å². The first-order valence-corrected chi connectivity index (χ1v) is 13.8.